The molecule has 3 aromatic carbocycles. The summed E-state index contributed by atoms with van der Waals surface area (Å²) in [6.45, 7) is 4.20. The average molecular weight is 933 g/mol. The minimum atomic E-state index is -0.663. The maximum absolute atomic E-state index is 13.9. The van der Waals surface area contributed by atoms with Crippen LogP contribution in [0.3, 0.4) is 0 Å². The fourth-order valence-electron chi connectivity index (χ4n) is 8.74. The molecule has 67 heavy (non-hydrogen) atoms. The van der Waals surface area contributed by atoms with E-state index in [0.29, 0.717) is 57.9 Å². The summed E-state index contributed by atoms with van der Waals surface area (Å²) in [6.07, 6.45) is 9.41. The van der Waals surface area contributed by atoms with Crippen molar-refractivity contribution in [1.29, 1.82) is 0 Å². The second kappa shape index (κ2) is 22.7. The van der Waals surface area contributed by atoms with E-state index in [0.717, 1.165) is 69.3 Å². The second-order valence-corrected chi connectivity index (χ2v) is 17.5. The Kier molecular flexibility index (Phi) is 16.4. The maximum Gasteiger partial charge on any atom is 0.274 e. The van der Waals surface area contributed by atoms with Gasteiger partial charge in [0.05, 0.1) is 17.3 Å². The summed E-state index contributed by atoms with van der Waals surface area (Å²) >= 11 is 1.34. The van der Waals surface area contributed by atoms with Crippen LogP contribution in [0.4, 0.5) is 11.4 Å². The number of likely N-dealkylation sites (tertiary alicyclic amines) is 1. The van der Waals surface area contributed by atoms with E-state index in [1.165, 1.54) is 16.5 Å². The van der Waals surface area contributed by atoms with Gasteiger partial charge in [-0.25, -0.2) is 0 Å². The number of nitrogens with zero attached hydrogens (tertiary/aromatic N) is 3. The molecule has 4 heterocycles. The molecular formula is C49H60N10O7S. The molecule has 7 rings (SSSR count). The average Bonchev–Trinajstić information content (AvgIpc) is 3.94. The summed E-state index contributed by atoms with van der Waals surface area (Å²) in [5.41, 5.74) is 10.4. The molecular weight excluding hydrogens is 873 g/mol. The molecule has 1 atom stereocenters. The van der Waals surface area contributed by atoms with Crippen molar-refractivity contribution >= 4 is 64.1 Å². The van der Waals surface area contributed by atoms with Gasteiger partial charge in [-0.2, -0.15) is 0 Å². The number of piperidine rings is 1. The Bertz CT molecular complexity index is 2640. The van der Waals surface area contributed by atoms with E-state index < -0.39 is 6.04 Å². The molecule has 1 fully saturated rings. The van der Waals surface area contributed by atoms with Crippen LogP contribution in [0, 0.1) is 0 Å². The lowest BCUT2D eigenvalue weighted by molar-refractivity contribution is -0.121. The predicted octanol–water partition coefficient (Wildman–Crippen LogP) is 5.23. The van der Waals surface area contributed by atoms with Gasteiger partial charge in [0.2, 0.25) is 5.91 Å². The summed E-state index contributed by atoms with van der Waals surface area (Å²) in [4.78, 5) is 84.3. The van der Waals surface area contributed by atoms with Crippen molar-refractivity contribution in [3.63, 3.8) is 0 Å². The maximum atomic E-state index is 13.9. The van der Waals surface area contributed by atoms with Crippen LogP contribution in [0.1, 0.15) is 81.7 Å². The monoisotopic (exact) mass is 932 g/mol. The summed E-state index contributed by atoms with van der Waals surface area (Å²) < 4.78 is 11.2. The van der Waals surface area contributed by atoms with Gasteiger partial charge in [0.25, 0.3) is 23.3 Å². The number of para-hydroxylation sites is 1. The summed E-state index contributed by atoms with van der Waals surface area (Å²) in [7, 11) is 3.20. The van der Waals surface area contributed by atoms with Gasteiger partial charge >= 0.3 is 0 Å². The molecule has 1 saturated heterocycles. The first-order valence-electron chi connectivity index (χ1n) is 22.8. The quantitative estimate of drug-likeness (QED) is 0.0269. The number of benzene rings is 3. The Hall–Kier alpha value is -6.63. The number of hydrogen-bond donors (Lipinski definition) is 7. The number of anilines is 2. The highest BCUT2D eigenvalue weighted by atomic mass is 32.2. The fraction of sp³-hybridized carbons (Fsp3) is 0.388. The molecule has 2 aliphatic rings. The Morgan fingerprint density at radius 3 is 2.43 bits per heavy atom. The van der Waals surface area contributed by atoms with Crippen molar-refractivity contribution in [3.05, 3.63) is 106 Å². The number of hydrogen-bond acceptors (Lipinski definition) is 12. The molecule has 1 unspecified atom stereocenters. The molecule has 2 aliphatic heterocycles. The third kappa shape index (κ3) is 11.5. The summed E-state index contributed by atoms with van der Waals surface area (Å²) in [6, 6.07) is 19.7. The number of aromatic amines is 1. The predicted molar refractivity (Wildman–Crippen MR) is 263 cm³/mol. The van der Waals surface area contributed by atoms with Crippen LogP contribution in [0.5, 0.6) is 11.5 Å². The lowest BCUT2D eigenvalue weighted by atomic mass is 9.99. The minimum absolute atomic E-state index is 0.166. The summed E-state index contributed by atoms with van der Waals surface area (Å²) in [5.74, 6) is -0.0350. The molecule has 2 aromatic heterocycles. The Morgan fingerprint density at radius 1 is 0.925 bits per heavy atom. The molecule has 354 valence electrons. The Labute approximate surface area is 394 Å². The first kappa shape index (κ1) is 48.3. The third-order valence-electron chi connectivity index (χ3n) is 12.4. The van der Waals surface area contributed by atoms with E-state index in [4.69, 9.17) is 10.5 Å². The zero-order valence-electron chi connectivity index (χ0n) is 38.2. The van der Waals surface area contributed by atoms with Gasteiger partial charge in [0.1, 0.15) is 29.0 Å². The van der Waals surface area contributed by atoms with Gasteiger partial charge in [-0.1, -0.05) is 42.6 Å². The number of unbranched alkanes of at least 4 members (excludes halogenated alkanes) is 2. The number of nitrogens with two attached hydrogens (primary N) is 1. The largest absolute Gasteiger partial charge is 0.457 e. The van der Waals surface area contributed by atoms with Crippen molar-refractivity contribution in [2.75, 3.05) is 62.6 Å². The Balaban J connectivity index is 0.946. The number of rotatable bonds is 22. The minimum Gasteiger partial charge on any atom is -0.457 e. The number of aryl methyl sites for hydroxylation is 1. The zero-order chi connectivity index (χ0) is 47.5. The molecule has 0 aliphatic carbocycles. The SMILES string of the molecule is CNC(=O)CCC(C=O)N1Cc2c(NC3CCN(CCCCCNC(=O)c4cc(Oc5ccccc5)c(-c5cn(C)c(=O)c6[nH]c(C(=O)NCCN)cc56)cc4NSC)CC3)cccc2C1=O. The normalized spacial score (nSPS) is 14.4. The second-order valence-electron chi connectivity index (χ2n) is 16.8. The molecule has 8 N–H and O–H groups in total. The number of carbonyl (C=O) groups is 5. The van der Waals surface area contributed by atoms with Crippen molar-refractivity contribution in [3.8, 4) is 22.6 Å². The van der Waals surface area contributed by atoms with E-state index >= 15 is 0 Å². The van der Waals surface area contributed by atoms with Crippen molar-refractivity contribution in [2.45, 2.75) is 63.6 Å². The van der Waals surface area contributed by atoms with E-state index in [2.05, 4.69) is 35.9 Å². The van der Waals surface area contributed by atoms with Crippen LogP contribution in [0.2, 0.25) is 0 Å². The molecule has 17 nitrogen and oxygen atoms in total. The van der Waals surface area contributed by atoms with Crippen molar-refractivity contribution in [1.82, 2.24) is 35.3 Å². The smallest absolute Gasteiger partial charge is 0.274 e. The molecule has 5 aromatic rings. The number of nitrogens with one attached hydrogen (secondary N) is 6. The lowest BCUT2D eigenvalue weighted by Crippen LogP contribution is -2.39. The highest BCUT2D eigenvalue weighted by Crippen LogP contribution is 2.41. The fourth-order valence-corrected chi connectivity index (χ4v) is 9.13. The molecule has 0 saturated carbocycles. The van der Waals surface area contributed by atoms with E-state index in [9.17, 15) is 28.8 Å². The highest BCUT2D eigenvalue weighted by Gasteiger charge is 2.35. The Morgan fingerprint density at radius 2 is 1.70 bits per heavy atom. The molecule has 18 heteroatoms. The molecule has 0 bridgehead atoms. The van der Waals surface area contributed by atoms with Crippen molar-refractivity contribution in [2.24, 2.45) is 12.8 Å². The molecule has 0 radical (unpaired) electrons. The number of amides is 4. The van der Waals surface area contributed by atoms with Crippen LogP contribution in [-0.4, -0.2) is 114 Å². The molecule has 4 amide bonds. The number of carbonyl (C=O) groups excluding carboxylic acids is 5. The number of aldehydes is 1. The lowest BCUT2D eigenvalue weighted by Gasteiger charge is -2.33. The van der Waals surface area contributed by atoms with Crippen LogP contribution in [0.25, 0.3) is 22.0 Å². The molecule has 0 spiro atoms. The van der Waals surface area contributed by atoms with Crippen molar-refractivity contribution < 1.29 is 28.7 Å². The van der Waals surface area contributed by atoms with Gasteiger partial charge in [-0.15, -0.1) is 0 Å². The van der Waals surface area contributed by atoms with Gasteiger partial charge in [-0.05, 0) is 81.1 Å². The van der Waals surface area contributed by atoms with Gasteiger partial charge in [-0.3, -0.25) is 24.0 Å². The van der Waals surface area contributed by atoms with Gasteiger partial charge in [0, 0.05) is 112 Å². The highest BCUT2D eigenvalue weighted by molar-refractivity contribution is 7.99. The zero-order valence-corrected chi connectivity index (χ0v) is 39.1. The van der Waals surface area contributed by atoms with E-state index in [-0.39, 0.29) is 72.4 Å². The van der Waals surface area contributed by atoms with E-state index in [1.54, 1.807) is 43.4 Å². The number of aromatic nitrogens is 2. The first-order chi connectivity index (χ1) is 32.5. The third-order valence-corrected chi connectivity index (χ3v) is 12.8. The standard InChI is InChI=1S/C49H60N10O7S/c1-51-44(61)16-15-32(30-60)59-29-39-34(48(59)64)13-10-14-40(39)54-31-17-23-58(24-18-31)22-9-5-8-20-52-46(62)37-27-43(66-33-11-6-4-7-12-33)35(25-41(37)56-67-3)38-28-57(2)49(65)45-36(38)26-42(55-45)47(63)53-21-19-50/h4,6-7,10-14,25-28,30-32,54-56H,5,8-9,15-24,29,50H2,1-3H3,(H,51,61)(H,52,62)(H,53,63). The van der Waals surface area contributed by atoms with Crippen LogP contribution in [0.15, 0.2) is 77.7 Å². The van der Waals surface area contributed by atoms with Crippen LogP contribution in [-0.2, 0) is 23.2 Å². The number of ether oxygens (including phenoxy) is 1. The number of pyridine rings is 1. The first-order valence-corrected chi connectivity index (χ1v) is 24.0. The summed E-state index contributed by atoms with van der Waals surface area (Å²) in [5, 5.41) is 12.6. The van der Waals surface area contributed by atoms with E-state index in [1.807, 2.05) is 54.8 Å². The van der Waals surface area contributed by atoms with Crippen LogP contribution < -0.4 is 42.0 Å². The van der Waals surface area contributed by atoms with Gasteiger partial charge < -0.3 is 60.6 Å². The van der Waals surface area contributed by atoms with Crippen LogP contribution >= 0.6 is 11.9 Å². The number of H-pyrrole nitrogens is 1. The number of fused-ring (bicyclic) bond motifs is 2. The van der Waals surface area contributed by atoms with Gasteiger partial charge in [0.15, 0.2) is 0 Å². The topological polar surface area (TPSA) is 225 Å².